The van der Waals surface area contributed by atoms with E-state index in [9.17, 15) is 13.2 Å². The first-order valence-electron chi connectivity index (χ1n) is 6.19. The highest BCUT2D eigenvalue weighted by atomic mass is 35.5. The van der Waals surface area contributed by atoms with E-state index >= 15 is 0 Å². The van der Waals surface area contributed by atoms with E-state index in [1.807, 2.05) is 0 Å². The van der Waals surface area contributed by atoms with Crippen LogP contribution in [0.5, 0.6) is 0 Å². The van der Waals surface area contributed by atoms with Gasteiger partial charge in [0.05, 0.1) is 5.02 Å². The molecule has 1 rings (SSSR count). The molecule has 1 aromatic rings. The van der Waals surface area contributed by atoms with Crippen molar-refractivity contribution in [1.82, 2.24) is 4.31 Å². The maximum atomic E-state index is 12.8. The molecule has 8 heteroatoms. The van der Waals surface area contributed by atoms with E-state index in [2.05, 4.69) is 0 Å². The second-order valence-corrected chi connectivity index (χ2v) is 7.59. The standard InChI is InChI=1S/C13H17Cl2NO4S/c1-7(2)16(6-11(17)18)21(19,20)13-9(4)10(14)5-8(3)12(13)15/h5,7H,6H2,1-4H3,(H,17,18). The van der Waals surface area contributed by atoms with Crippen LogP contribution in [-0.2, 0) is 14.8 Å². The lowest BCUT2D eigenvalue weighted by Crippen LogP contribution is -2.41. The van der Waals surface area contributed by atoms with Gasteiger partial charge >= 0.3 is 5.97 Å². The van der Waals surface area contributed by atoms with Crippen molar-refractivity contribution in [3.05, 3.63) is 27.2 Å². The summed E-state index contributed by atoms with van der Waals surface area (Å²) < 4.78 is 26.4. The maximum absolute atomic E-state index is 12.8. The highest BCUT2D eigenvalue weighted by molar-refractivity contribution is 7.89. The summed E-state index contributed by atoms with van der Waals surface area (Å²) in [5.74, 6) is -1.24. The Balaban J connectivity index is 3.60. The van der Waals surface area contributed by atoms with Gasteiger partial charge in [0.2, 0.25) is 10.0 Å². The minimum absolute atomic E-state index is 0.0629. The van der Waals surface area contributed by atoms with Gasteiger partial charge < -0.3 is 5.11 Å². The van der Waals surface area contributed by atoms with Crippen LogP contribution in [0.3, 0.4) is 0 Å². The van der Waals surface area contributed by atoms with E-state index in [-0.39, 0.29) is 14.9 Å². The highest BCUT2D eigenvalue weighted by Crippen LogP contribution is 2.35. The zero-order valence-electron chi connectivity index (χ0n) is 12.1. The lowest BCUT2D eigenvalue weighted by molar-refractivity contribution is -0.137. The van der Waals surface area contributed by atoms with Gasteiger partial charge in [-0.05, 0) is 44.9 Å². The summed E-state index contributed by atoms with van der Waals surface area (Å²) in [6.45, 7) is 5.74. The van der Waals surface area contributed by atoms with E-state index in [1.165, 1.54) is 0 Å². The van der Waals surface area contributed by atoms with Crippen molar-refractivity contribution in [2.24, 2.45) is 0 Å². The Labute approximate surface area is 134 Å². The van der Waals surface area contributed by atoms with E-state index in [0.29, 0.717) is 11.1 Å². The first-order valence-corrected chi connectivity index (χ1v) is 8.38. The molecule has 118 valence electrons. The number of rotatable bonds is 5. The molecule has 0 atom stereocenters. The summed E-state index contributed by atoms with van der Waals surface area (Å²) in [6, 6.07) is 1.05. The number of carboxylic acids is 1. The first-order chi connectivity index (χ1) is 9.50. The van der Waals surface area contributed by atoms with Crippen LogP contribution >= 0.6 is 23.2 Å². The molecule has 0 fully saturated rings. The number of nitrogens with zero attached hydrogens (tertiary/aromatic N) is 1. The van der Waals surface area contributed by atoms with Gasteiger partial charge in [0.1, 0.15) is 11.4 Å². The molecule has 0 amide bonds. The largest absolute Gasteiger partial charge is 0.480 e. The van der Waals surface area contributed by atoms with E-state index in [4.69, 9.17) is 28.3 Å². The predicted molar refractivity (Wildman–Crippen MR) is 82.6 cm³/mol. The predicted octanol–water partition coefficient (Wildman–Crippen LogP) is 3.09. The van der Waals surface area contributed by atoms with E-state index in [1.54, 1.807) is 33.8 Å². The molecule has 1 N–H and O–H groups in total. The van der Waals surface area contributed by atoms with Crippen LogP contribution < -0.4 is 0 Å². The molecule has 1 aromatic carbocycles. The van der Waals surface area contributed by atoms with Crippen molar-refractivity contribution < 1.29 is 18.3 Å². The third-order valence-corrected chi connectivity index (χ3v) is 6.21. The Morgan fingerprint density at radius 1 is 1.33 bits per heavy atom. The second kappa shape index (κ2) is 6.52. The van der Waals surface area contributed by atoms with Gasteiger partial charge in [0, 0.05) is 11.1 Å². The molecule has 0 radical (unpaired) electrons. The number of halogens is 2. The molecule has 0 aliphatic heterocycles. The molecule has 0 saturated heterocycles. The first kappa shape index (κ1) is 18.2. The molecule has 0 saturated carbocycles. The fourth-order valence-corrected chi connectivity index (χ4v) is 4.67. The quantitative estimate of drug-likeness (QED) is 0.882. The smallest absolute Gasteiger partial charge is 0.318 e. The number of hydrogen-bond donors (Lipinski definition) is 1. The SMILES string of the molecule is Cc1cc(Cl)c(C)c(S(=O)(=O)N(CC(=O)O)C(C)C)c1Cl. The van der Waals surface area contributed by atoms with Crippen molar-refractivity contribution in [2.45, 2.75) is 38.6 Å². The molecule has 0 heterocycles. The van der Waals surface area contributed by atoms with Gasteiger partial charge in [-0.3, -0.25) is 4.79 Å². The number of carboxylic acid groups (broad SMARTS) is 1. The third-order valence-electron chi connectivity index (χ3n) is 3.02. The molecular formula is C13H17Cl2NO4S. The number of hydrogen-bond acceptors (Lipinski definition) is 3. The van der Waals surface area contributed by atoms with Crippen LogP contribution in [0.2, 0.25) is 10.0 Å². The molecule has 5 nitrogen and oxygen atoms in total. The number of sulfonamides is 1. The van der Waals surface area contributed by atoms with Gasteiger partial charge in [-0.25, -0.2) is 8.42 Å². The molecule has 0 aliphatic rings. The fourth-order valence-electron chi connectivity index (χ4n) is 1.92. The molecule has 0 aromatic heterocycles. The zero-order valence-corrected chi connectivity index (χ0v) is 14.5. The van der Waals surface area contributed by atoms with Crippen LogP contribution in [0.1, 0.15) is 25.0 Å². The van der Waals surface area contributed by atoms with Crippen molar-refractivity contribution in [2.75, 3.05) is 6.54 Å². The Morgan fingerprint density at radius 2 is 1.86 bits per heavy atom. The Morgan fingerprint density at radius 3 is 2.29 bits per heavy atom. The van der Waals surface area contributed by atoms with Gasteiger partial charge in [-0.2, -0.15) is 4.31 Å². The molecule has 0 spiro atoms. The summed E-state index contributed by atoms with van der Waals surface area (Å²) in [5.41, 5.74) is 0.827. The molecule has 0 bridgehead atoms. The third kappa shape index (κ3) is 3.69. The number of aryl methyl sites for hydroxylation is 1. The van der Waals surface area contributed by atoms with Gasteiger partial charge in [0.15, 0.2) is 0 Å². The Kier molecular flexibility index (Phi) is 5.66. The lowest BCUT2D eigenvalue weighted by Gasteiger charge is -2.26. The van der Waals surface area contributed by atoms with Crippen molar-refractivity contribution >= 4 is 39.2 Å². The average Bonchev–Trinajstić information content (AvgIpc) is 2.33. The normalized spacial score (nSPS) is 12.2. The van der Waals surface area contributed by atoms with Crippen molar-refractivity contribution in [3.8, 4) is 0 Å². The van der Waals surface area contributed by atoms with Crippen LogP contribution in [-0.4, -0.2) is 36.4 Å². The van der Waals surface area contributed by atoms with Crippen molar-refractivity contribution in [3.63, 3.8) is 0 Å². The van der Waals surface area contributed by atoms with Crippen LogP contribution in [0.25, 0.3) is 0 Å². The van der Waals surface area contributed by atoms with Crippen LogP contribution in [0.4, 0.5) is 0 Å². The summed E-state index contributed by atoms with van der Waals surface area (Å²) >= 11 is 12.2. The topological polar surface area (TPSA) is 74.7 Å². The minimum Gasteiger partial charge on any atom is -0.480 e. The van der Waals surface area contributed by atoms with Crippen LogP contribution in [0.15, 0.2) is 11.0 Å². The molecule has 21 heavy (non-hydrogen) atoms. The van der Waals surface area contributed by atoms with Gasteiger partial charge in [-0.15, -0.1) is 0 Å². The number of carbonyl (C=O) groups is 1. The number of aliphatic carboxylic acids is 1. The Bertz CT molecular complexity index is 645. The lowest BCUT2D eigenvalue weighted by atomic mass is 10.2. The Hall–Kier alpha value is -0.820. The summed E-state index contributed by atoms with van der Waals surface area (Å²) in [5, 5.41) is 9.26. The van der Waals surface area contributed by atoms with Gasteiger partial charge in [0.25, 0.3) is 0 Å². The van der Waals surface area contributed by atoms with Crippen molar-refractivity contribution in [1.29, 1.82) is 0 Å². The summed E-state index contributed by atoms with van der Waals surface area (Å²) in [7, 11) is -4.07. The zero-order chi connectivity index (χ0) is 16.5. The van der Waals surface area contributed by atoms with Crippen LogP contribution in [0, 0.1) is 13.8 Å². The van der Waals surface area contributed by atoms with E-state index < -0.39 is 28.6 Å². The minimum atomic E-state index is -4.07. The summed E-state index contributed by atoms with van der Waals surface area (Å²) in [6.07, 6.45) is 0. The second-order valence-electron chi connectivity index (χ2n) is 4.98. The molecule has 0 aliphatic carbocycles. The number of benzene rings is 1. The van der Waals surface area contributed by atoms with Gasteiger partial charge in [-0.1, -0.05) is 23.2 Å². The fraction of sp³-hybridized carbons (Fsp3) is 0.462. The highest BCUT2D eigenvalue weighted by Gasteiger charge is 2.33. The monoisotopic (exact) mass is 353 g/mol. The van der Waals surface area contributed by atoms with E-state index in [0.717, 1.165) is 4.31 Å². The summed E-state index contributed by atoms with van der Waals surface area (Å²) in [4.78, 5) is 10.8. The average molecular weight is 354 g/mol. The molecule has 0 unspecified atom stereocenters. The molecular weight excluding hydrogens is 337 g/mol. The maximum Gasteiger partial charge on any atom is 0.318 e.